The van der Waals surface area contributed by atoms with Crippen molar-refractivity contribution in [3.63, 3.8) is 0 Å². The quantitative estimate of drug-likeness (QED) is 0.813. The lowest BCUT2D eigenvalue weighted by atomic mass is 9.83. The number of carbonyl (C=O) groups is 1. The molecule has 1 heterocycles. The highest BCUT2D eigenvalue weighted by atomic mass is 19.1. The minimum Gasteiger partial charge on any atom is -0.396 e. The van der Waals surface area contributed by atoms with E-state index in [2.05, 4.69) is 10.3 Å². The minimum atomic E-state index is -0.474. The lowest BCUT2D eigenvalue weighted by Crippen LogP contribution is -2.39. The van der Waals surface area contributed by atoms with E-state index in [9.17, 15) is 14.3 Å². The Labute approximate surface area is 106 Å². The molecule has 0 atom stereocenters. The van der Waals surface area contributed by atoms with E-state index >= 15 is 0 Å². The van der Waals surface area contributed by atoms with Gasteiger partial charge in [0, 0.05) is 12.0 Å². The SMILES string of the molecule is CCC(CC)(CO)CNC(=O)c1ccc(F)cn1. The Hall–Kier alpha value is -1.49. The standard InChI is InChI=1S/C13H19FN2O2/c1-3-13(4-2,9-17)8-16-12(18)11-6-5-10(14)7-15-11/h5-7,17H,3-4,8-9H2,1-2H3,(H,16,18). The molecule has 1 amide bonds. The first kappa shape index (κ1) is 14.6. The summed E-state index contributed by atoms with van der Waals surface area (Å²) in [6, 6.07) is 2.53. The molecule has 0 radical (unpaired) electrons. The lowest BCUT2D eigenvalue weighted by molar-refractivity contribution is 0.0846. The van der Waals surface area contributed by atoms with Crippen LogP contribution in [0.5, 0.6) is 0 Å². The van der Waals surface area contributed by atoms with E-state index in [-0.39, 0.29) is 23.6 Å². The van der Waals surface area contributed by atoms with Crippen LogP contribution in [0.3, 0.4) is 0 Å². The summed E-state index contributed by atoms with van der Waals surface area (Å²) in [6.45, 7) is 4.36. The molecule has 0 aliphatic carbocycles. The number of nitrogens with zero attached hydrogens (tertiary/aromatic N) is 1. The van der Waals surface area contributed by atoms with Gasteiger partial charge in [0.1, 0.15) is 11.5 Å². The zero-order valence-electron chi connectivity index (χ0n) is 10.7. The van der Waals surface area contributed by atoms with Crippen LogP contribution in [0.25, 0.3) is 0 Å². The van der Waals surface area contributed by atoms with Crippen molar-refractivity contribution in [2.75, 3.05) is 13.2 Å². The third-order valence-corrected chi connectivity index (χ3v) is 3.42. The Kier molecular flexibility index (Phi) is 5.22. The number of aromatic nitrogens is 1. The summed E-state index contributed by atoms with van der Waals surface area (Å²) in [6.07, 6.45) is 2.56. The van der Waals surface area contributed by atoms with Crippen LogP contribution in [0.15, 0.2) is 18.3 Å². The number of hydrogen-bond donors (Lipinski definition) is 2. The number of hydrogen-bond acceptors (Lipinski definition) is 3. The molecule has 0 aromatic carbocycles. The van der Waals surface area contributed by atoms with Gasteiger partial charge in [0.05, 0.1) is 12.8 Å². The fourth-order valence-corrected chi connectivity index (χ4v) is 1.65. The molecule has 0 bridgehead atoms. The molecule has 1 rings (SSSR count). The molecule has 0 unspecified atom stereocenters. The molecule has 5 heteroatoms. The van der Waals surface area contributed by atoms with E-state index in [1.165, 1.54) is 12.1 Å². The summed E-state index contributed by atoms with van der Waals surface area (Å²) >= 11 is 0. The van der Waals surface area contributed by atoms with Gasteiger partial charge in [0.2, 0.25) is 0 Å². The lowest BCUT2D eigenvalue weighted by Gasteiger charge is -2.29. The van der Waals surface area contributed by atoms with Gasteiger partial charge in [0.15, 0.2) is 0 Å². The Morgan fingerprint density at radius 2 is 2.11 bits per heavy atom. The first-order chi connectivity index (χ1) is 8.56. The van der Waals surface area contributed by atoms with Crippen molar-refractivity contribution in [3.8, 4) is 0 Å². The second-order valence-corrected chi connectivity index (χ2v) is 4.41. The summed E-state index contributed by atoms with van der Waals surface area (Å²) < 4.78 is 12.7. The number of nitrogens with one attached hydrogen (secondary N) is 1. The van der Waals surface area contributed by atoms with E-state index in [0.717, 1.165) is 19.0 Å². The molecule has 100 valence electrons. The summed E-state index contributed by atoms with van der Waals surface area (Å²) in [7, 11) is 0. The van der Waals surface area contributed by atoms with E-state index < -0.39 is 5.82 Å². The molecular formula is C13H19FN2O2. The number of halogens is 1. The maximum Gasteiger partial charge on any atom is 0.269 e. The Morgan fingerprint density at radius 1 is 1.44 bits per heavy atom. The van der Waals surface area contributed by atoms with Crippen LogP contribution in [-0.4, -0.2) is 29.1 Å². The van der Waals surface area contributed by atoms with Crippen molar-refractivity contribution in [1.82, 2.24) is 10.3 Å². The van der Waals surface area contributed by atoms with Crippen molar-refractivity contribution in [2.24, 2.45) is 5.41 Å². The fraction of sp³-hybridized carbons (Fsp3) is 0.538. The monoisotopic (exact) mass is 254 g/mol. The van der Waals surface area contributed by atoms with Gasteiger partial charge < -0.3 is 10.4 Å². The third-order valence-electron chi connectivity index (χ3n) is 3.42. The fourth-order valence-electron chi connectivity index (χ4n) is 1.65. The van der Waals surface area contributed by atoms with Crippen molar-refractivity contribution in [2.45, 2.75) is 26.7 Å². The average Bonchev–Trinajstić information content (AvgIpc) is 2.41. The predicted octanol–water partition coefficient (Wildman–Crippen LogP) is 1.75. The Morgan fingerprint density at radius 3 is 2.56 bits per heavy atom. The van der Waals surface area contributed by atoms with Gasteiger partial charge in [-0.2, -0.15) is 0 Å². The van der Waals surface area contributed by atoms with Gasteiger partial charge >= 0.3 is 0 Å². The number of aliphatic hydroxyl groups excluding tert-OH is 1. The number of aliphatic hydroxyl groups is 1. The van der Waals surface area contributed by atoms with Crippen LogP contribution in [0.2, 0.25) is 0 Å². The molecule has 0 saturated heterocycles. The molecule has 18 heavy (non-hydrogen) atoms. The molecule has 0 fully saturated rings. The van der Waals surface area contributed by atoms with Crippen LogP contribution >= 0.6 is 0 Å². The summed E-state index contributed by atoms with van der Waals surface area (Å²) in [5.74, 6) is -0.826. The Balaban J connectivity index is 2.63. The Bertz CT molecular complexity index is 380. The highest BCUT2D eigenvalue weighted by Gasteiger charge is 2.26. The van der Waals surface area contributed by atoms with E-state index in [4.69, 9.17) is 0 Å². The predicted molar refractivity (Wildman–Crippen MR) is 66.6 cm³/mol. The third kappa shape index (κ3) is 3.50. The first-order valence-corrected chi connectivity index (χ1v) is 6.07. The topological polar surface area (TPSA) is 62.2 Å². The second kappa shape index (κ2) is 6.44. The zero-order chi connectivity index (χ0) is 13.6. The van der Waals surface area contributed by atoms with Crippen LogP contribution < -0.4 is 5.32 Å². The molecule has 1 aromatic rings. The molecule has 0 aliphatic heterocycles. The van der Waals surface area contributed by atoms with Gasteiger partial charge in [-0.25, -0.2) is 9.37 Å². The molecule has 0 spiro atoms. The van der Waals surface area contributed by atoms with Crippen molar-refractivity contribution >= 4 is 5.91 Å². The van der Waals surface area contributed by atoms with Gasteiger partial charge in [0.25, 0.3) is 5.91 Å². The molecule has 0 aliphatic rings. The first-order valence-electron chi connectivity index (χ1n) is 6.07. The van der Waals surface area contributed by atoms with Crippen LogP contribution in [0.1, 0.15) is 37.2 Å². The molecule has 1 aromatic heterocycles. The molecule has 4 nitrogen and oxygen atoms in total. The maximum absolute atomic E-state index is 12.7. The zero-order valence-corrected chi connectivity index (χ0v) is 10.7. The number of carbonyl (C=O) groups excluding carboxylic acids is 1. The minimum absolute atomic E-state index is 0.0249. The maximum atomic E-state index is 12.7. The highest BCUT2D eigenvalue weighted by Crippen LogP contribution is 2.24. The van der Waals surface area contributed by atoms with E-state index in [0.29, 0.717) is 6.54 Å². The van der Waals surface area contributed by atoms with Crippen LogP contribution in [-0.2, 0) is 0 Å². The van der Waals surface area contributed by atoms with Crippen molar-refractivity contribution in [1.29, 1.82) is 0 Å². The second-order valence-electron chi connectivity index (χ2n) is 4.41. The molecule has 2 N–H and O–H groups in total. The largest absolute Gasteiger partial charge is 0.396 e. The highest BCUT2D eigenvalue weighted by molar-refractivity contribution is 5.92. The summed E-state index contributed by atoms with van der Waals surface area (Å²) in [5.41, 5.74) is -0.120. The van der Waals surface area contributed by atoms with E-state index in [1.807, 2.05) is 13.8 Å². The smallest absolute Gasteiger partial charge is 0.269 e. The van der Waals surface area contributed by atoms with Crippen molar-refractivity contribution in [3.05, 3.63) is 29.8 Å². The van der Waals surface area contributed by atoms with Crippen LogP contribution in [0.4, 0.5) is 4.39 Å². The number of rotatable bonds is 6. The summed E-state index contributed by atoms with van der Waals surface area (Å²) in [4.78, 5) is 15.5. The molecule has 0 saturated carbocycles. The van der Waals surface area contributed by atoms with Crippen LogP contribution in [0, 0.1) is 11.2 Å². The van der Waals surface area contributed by atoms with Gasteiger partial charge in [-0.1, -0.05) is 13.8 Å². The number of amides is 1. The average molecular weight is 254 g/mol. The van der Waals surface area contributed by atoms with Gasteiger partial charge in [-0.15, -0.1) is 0 Å². The number of pyridine rings is 1. The van der Waals surface area contributed by atoms with E-state index in [1.54, 1.807) is 0 Å². The van der Waals surface area contributed by atoms with Gasteiger partial charge in [-0.05, 0) is 25.0 Å². The van der Waals surface area contributed by atoms with Crippen molar-refractivity contribution < 1.29 is 14.3 Å². The van der Waals surface area contributed by atoms with Gasteiger partial charge in [-0.3, -0.25) is 4.79 Å². The normalized spacial score (nSPS) is 11.3. The molecular weight excluding hydrogens is 235 g/mol. The summed E-state index contributed by atoms with van der Waals surface area (Å²) in [5, 5.41) is 12.1.